The average Bonchev–Trinajstić information content (AvgIpc) is 2.81. The highest BCUT2D eigenvalue weighted by Gasteiger charge is 2.45. The number of furan rings is 1. The summed E-state index contributed by atoms with van der Waals surface area (Å²) in [5.41, 5.74) is -0.708. The molecule has 0 atom stereocenters. The van der Waals surface area contributed by atoms with Crippen LogP contribution in [0.2, 0.25) is 0 Å². The molecule has 0 aliphatic carbocycles. The lowest BCUT2D eigenvalue weighted by molar-refractivity contribution is -0.140. The van der Waals surface area contributed by atoms with Gasteiger partial charge in [0.25, 0.3) is 0 Å². The Labute approximate surface area is 98.4 Å². The second-order valence-electron chi connectivity index (χ2n) is 4.75. The Bertz CT molecular complexity index is 473. The molecule has 2 amide bonds. The Balaban J connectivity index is 2.13. The van der Waals surface area contributed by atoms with Crippen molar-refractivity contribution in [3.05, 3.63) is 24.2 Å². The van der Waals surface area contributed by atoms with E-state index in [1.165, 1.54) is 12.3 Å². The van der Waals surface area contributed by atoms with Gasteiger partial charge < -0.3 is 4.42 Å². The monoisotopic (exact) mass is 235 g/mol. The van der Waals surface area contributed by atoms with E-state index in [9.17, 15) is 14.4 Å². The smallest absolute Gasteiger partial charge is 0.235 e. The van der Waals surface area contributed by atoms with Gasteiger partial charge in [-0.2, -0.15) is 0 Å². The summed E-state index contributed by atoms with van der Waals surface area (Å²) >= 11 is 0. The van der Waals surface area contributed by atoms with Crippen molar-refractivity contribution in [3.8, 4) is 0 Å². The molecule has 17 heavy (non-hydrogen) atoms. The molecule has 1 aliphatic rings. The van der Waals surface area contributed by atoms with Crippen LogP contribution in [-0.4, -0.2) is 29.0 Å². The fourth-order valence-electron chi connectivity index (χ4n) is 1.85. The number of imide groups is 1. The SMILES string of the molecule is CC1(C)CC(=O)N(CC(=O)c2ccco2)C1=O. The molecular formula is C12H13NO4. The van der Waals surface area contributed by atoms with Crippen molar-refractivity contribution < 1.29 is 18.8 Å². The van der Waals surface area contributed by atoms with Crippen molar-refractivity contribution in [1.29, 1.82) is 0 Å². The number of hydrogen-bond donors (Lipinski definition) is 0. The first kappa shape index (κ1) is 11.6. The fraction of sp³-hybridized carbons (Fsp3) is 0.417. The molecule has 0 saturated carbocycles. The van der Waals surface area contributed by atoms with Crippen LogP contribution in [-0.2, 0) is 9.59 Å². The number of nitrogens with zero attached hydrogens (tertiary/aromatic N) is 1. The molecule has 0 aromatic carbocycles. The van der Waals surface area contributed by atoms with Crippen molar-refractivity contribution in [3.63, 3.8) is 0 Å². The molecule has 0 spiro atoms. The summed E-state index contributed by atoms with van der Waals surface area (Å²) in [5, 5.41) is 0. The molecule has 2 heterocycles. The van der Waals surface area contributed by atoms with Gasteiger partial charge in [0.1, 0.15) is 0 Å². The van der Waals surface area contributed by atoms with Gasteiger partial charge in [-0.3, -0.25) is 19.3 Å². The lowest BCUT2D eigenvalue weighted by Gasteiger charge is -2.16. The predicted molar refractivity (Wildman–Crippen MR) is 58.2 cm³/mol. The van der Waals surface area contributed by atoms with Crippen LogP contribution < -0.4 is 0 Å². The van der Waals surface area contributed by atoms with E-state index in [-0.39, 0.29) is 36.3 Å². The summed E-state index contributed by atoms with van der Waals surface area (Å²) in [6.07, 6.45) is 1.53. The van der Waals surface area contributed by atoms with E-state index in [2.05, 4.69) is 0 Å². The number of carbonyl (C=O) groups excluding carboxylic acids is 3. The number of amides is 2. The summed E-state index contributed by atoms with van der Waals surface area (Å²) in [4.78, 5) is 36.2. The van der Waals surface area contributed by atoms with E-state index >= 15 is 0 Å². The summed E-state index contributed by atoms with van der Waals surface area (Å²) in [7, 11) is 0. The molecule has 5 nitrogen and oxygen atoms in total. The first-order chi connectivity index (χ1) is 7.92. The lowest BCUT2D eigenvalue weighted by Crippen LogP contribution is -2.37. The van der Waals surface area contributed by atoms with Crippen LogP contribution in [0.1, 0.15) is 30.8 Å². The minimum absolute atomic E-state index is 0.150. The maximum absolute atomic E-state index is 11.9. The highest BCUT2D eigenvalue weighted by molar-refractivity contribution is 6.09. The van der Waals surface area contributed by atoms with E-state index in [1.54, 1.807) is 19.9 Å². The molecule has 1 saturated heterocycles. The van der Waals surface area contributed by atoms with Gasteiger partial charge in [0.15, 0.2) is 5.76 Å². The van der Waals surface area contributed by atoms with Crippen molar-refractivity contribution in [2.45, 2.75) is 20.3 Å². The third-order valence-corrected chi connectivity index (χ3v) is 2.82. The van der Waals surface area contributed by atoms with Crippen LogP contribution in [0.3, 0.4) is 0 Å². The van der Waals surface area contributed by atoms with Gasteiger partial charge in [-0.25, -0.2) is 0 Å². The van der Waals surface area contributed by atoms with Gasteiger partial charge in [-0.1, -0.05) is 13.8 Å². The number of carbonyl (C=O) groups is 3. The molecule has 0 N–H and O–H groups in total. The first-order valence-corrected chi connectivity index (χ1v) is 5.33. The first-order valence-electron chi connectivity index (χ1n) is 5.33. The molecule has 1 aliphatic heterocycles. The summed E-state index contributed by atoms with van der Waals surface area (Å²) in [6, 6.07) is 3.10. The maximum Gasteiger partial charge on any atom is 0.235 e. The Morgan fingerprint density at radius 1 is 1.47 bits per heavy atom. The van der Waals surface area contributed by atoms with Crippen LogP contribution in [0.5, 0.6) is 0 Å². The molecule has 90 valence electrons. The van der Waals surface area contributed by atoms with Gasteiger partial charge in [-0.05, 0) is 12.1 Å². The summed E-state index contributed by atoms with van der Waals surface area (Å²) in [6.45, 7) is 3.16. The Morgan fingerprint density at radius 3 is 2.65 bits per heavy atom. The van der Waals surface area contributed by atoms with Crippen molar-refractivity contribution in [2.24, 2.45) is 5.41 Å². The summed E-state index contributed by atoms with van der Waals surface area (Å²) in [5.74, 6) is -0.813. The minimum atomic E-state index is -0.708. The van der Waals surface area contributed by atoms with Gasteiger partial charge in [0.2, 0.25) is 17.6 Å². The topological polar surface area (TPSA) is 67.6 Å². The maximum atomic E-state index is 11.9. The average molecular weight is 235 g/mol. The number of ketones is 1. The normalized spacial score (nSPS) is 18.8. The minimum Gasteiger partial charge on any atom is -0.461 e. The molecular weight excluding hydrogens is 222 g/mol. The zero-order valence-corrected chi connectivity index (χ0v) is 9.73. The van der Waals surface area contributed by atoms with Gasteiger partial charge in [0, 0.05) is 6.42 Å². The van der Waals surface area contributed by atoms with Crippen LogP contribution in [0, 0.1) is 5.41 Å². The highest BCUT2D eigenvalue weighted by atomic mass is 16.3. The second kappa shape index (κ2) is 3.84. The predicted octanol–water partition coefficient (Wildman–Crippen LogP) is 1.25. The van der Waals surface area contributed by atoms with E-state index in [0.717, 1.165) is 4.90 Å². The quantitative estimate of drug-likeness (QED) is 0.584. The van der Waals surface area contributed by atoms with E-state index in [1.807, 2.05) is 0 Å². The summed E-state index contributed by atoms with van der Waals surface area (Å²) < 4.78 is 4.93. The zero-order chi connectivity index (χ0) is 12.6. The van der Waals surface area contributed by atoms with Crippen molar-refractivity contribution in [2.75, 3.05) is 6.54 Å². The molecule has 0 radical (unpaired) electrons. The van der Waals surface area contributed by atoms with E-state index in [4.69, 9.17) is 4.42 Å². The van der Waals surface area contributed by atoms with Gasteiger partial charge >= 0.3 is 0 Å². The van der Waals surface area contributed by atoms with Crippen LogP contribution in [0.25, 0.3) is 0 Å². The molecule has 2 rings (SSSR count). The van der Waals surface area contributed by atoms with Crippen LogP contribution in [0.15, 0.2) is 22.8 Å². The number of likely N-dealkylation sites (tertiary alicyclic amines) is 1. The van der Waals surface area contributed by atoms with Crippen molar-refractivity contribution in [1.82, 2.24) is 4.90 Å². The number of rotatable bonds is 3. The molecule has 1 aromatic heterocycles. The van der Waals surface area contributed by atoms with Crippen molar-refractivity contribution >= 4 is 17.6 Å². The highest BCUT2D eigenvalue weighted by Crippen LogP contribution is 2.31. The Morgan fingerprint density at radius 2 is 2.18 bits per heavy atom. The van der Waals surface area contributed by atoms with E-state index < -0.39 is 5.41 Å². The Kier molecular flexibility index (Phi) is 2.61. The Hall–Kier alpha value is -1.91. The number of Topliss-reactive ketones (excluding diaryl/α,β-unsaturated/α-hetero) is 1. The molecule has 1 fully saturated rings. The van der Waals surface area contributed by atoms with Crippen LogP contribution >= 0.6 is 0 Å². The lowest BCUT2D eigenvalue weighted by atomic mass is 9.92. The second-order valence-corrected chi connectivity index (χ2v) is 4.75. The molecule has 0 bridgehead atoms. The largest absolute Gasteiger partial charge is 0.461 e. The zero-order valence-electron chi connectivity index (χ0n) is 9.73. The molecule has 1 aromatic rings. The van der Waals surface area contributed by atoms with Crippen LogP contribution in [0.4, 0.5) is 0 Å². The third-order valence-electron chi connectivity index (χ3n) is 2.82. The van der Waals surface area contributed by atoms with E-state index in [0.29, 0.717) is 0 Å². The van der Waals surface area contributed by atoms with Gasteiger partial charge in [-0.15, -0.1) is 0 Å². The third kappa shape index (κ3) is 2.00. The standard InChI is InChI=1S/C12H13NO4/c1-12(2)6-10(15)13(11(12)16)7-8(14)9-4-3-5-17-9/h3-5H,6-7H2,1-2H3. The number of hydrogen-bond acceptors (Lipinski definition) is 4. The van der Waals surface area contributed by atoms with Gasteiger partial charge in [0.05, 0.1) is 18.2 Å². The molecule has 5 heteroatoms. The molecule has 0 unspecified atom stereocenters. The fourth-order valence-corrected chi connectivity index (χ4v) is 1.85.